The van der Waals surface area contributed by atoms with Crippen LogP contribution in [0.4, 0.5) is 0 Å². The molecule has 0 saturated carbocycles. The molecule has 2 aromatic heterocycles. The van der Waals surface area contributed by atoms with E-state index in [0.717, 1.165) is 28.6 Å². The van der Waals surface area contributed by atoms with Gasteiger partial charge in [0.25, 0.3) is 0 Å². The molecule has 0 aliphatic rings. The van der Waals surface area contributed by atoms with Gasteiger partial charge in [-0.3, -0.25) is 0 Å². The van der Waals surface area contributed by atoms with E-state index in [2.05, 4.69) is 41.4 Å². The molecule has 6 heteroatoms. The van der Waals surface area contributed by atoms with Crippen molar-refractivity contribution in [3.05, 3.63) is 46.7 Å². The van der Waals surface area contributed by atoms with E-state index in [0.29, 0.717) is 12.5 Å². The van der Waals surface area contributed by atoms with E-state index in [4.69, 9.17) is 9.84 Å². The minimum absolute atomic E-state index is 0.313. The lowest BCUT2D eigenvalue weighted by molar-refractivity contribution is 0.200. The molecule has 21 heavy (non-hydrogen) atoms. The van der Waals surface area contributed by atoms with Gasteiger partial charge in [0.15, 0.2) is 5.82 Å². The molecule has 1 aromatic carbocycles. The highest BCUT2D eigenvalue weighted by Crippen LogP contribution is 2.30. The molecule has 2 heterocycles. The fourth-order valence-electron chi connectivity index (χ4n) is 2.40. The molecule has 110 valence electrons. The molecule has 0 N–H and O–H groups in total. The summed E-state index contributed by atoms with van der Waals surface area (Å²) in [6.45, 7) is 2.81. The zero-order valence-electron chi connectivity index (χ0n) is 12.2. The minimum atomic E-state index is 0.313. The molecule has 0 bridgehead atoms. The maximum Gasteiger partial charge on any atom is 0.234 e. The van der Waals surface area contributed by atoms with Crippen molar-refractivity contribution >= 4 is 16.3 Å². The van der Waals surface area contributed by atoms with Crippen molar-refractivity contribution in [2.75, 3.05) is 13.7 Å². The van der Waals surface area contributed by atoms with Crippen LogP contribution in [-0.2, 0) is 11.2 Å². The Morgan fingerprint density at radius 2 is 2.05 bits per heavy atom. The molecule has 3 rings (SSSR count). The van der Waals surface area contributed by atoms with Crippen LogP contribution in [0.15, 0.2) is 30.3 Å². The van der Waals surface area contributed by atoms with Gasteiger partial charge in [-0.05, 0) is 12.0 Å². The monoisotopic (exact) mass is 302 g/mol. The average Bonchev–Trinajstić information content (AvgIpc) is 3.08. The highest BCUT2D eigenvalue weighted by molar-refractivity contribution is 7.16. The molecule has 0 saturated heterocycles. The molecule has 0 radical (unpaired) electrons. The van der Waals surface area contributed by atoms with E-state index in [1.807, 2.05) is 10.6 Å². The van der Waals surface area contributed by atoms with E-state index in [1.165, 1.54) is 5.56 Å². The fraction of sp³-hybridized carbons (Fsp3) is 0.400. The number of aromatic nitrogens is 4. The standard InChI is InChI=1S/C15H18N4OS/c1-3-12(11-7-5-4-6-8-11)14-18-19-13(9-10-20-2)16-17-15(19)21-14/h4-8,12H,3,9-10H2,1-2H3/t12-/m1/s1. The summed E-state index contributed by atoms with van der Waals surface area (Å²) in [6, 6.07) is 10.5. The number of benzene rings is 1. The summed E-state index contributed by atoms with van der Waals surface area (Å²) in [7, 11) is 1.69. The van der Waals surface area contributed by atoms with Crippen LogP contribution in [0.1, 0.15) is 35.7 Å². The first kappa shape index (κ1) is 14.2. The third kappa shape index (κ3) is 2.82. The van der Waals surface area contributed by atoms with Crippen LogP contribution in [0.5, 0.6) is 0 Å². The van der Waals surface area contributed by atoms with Gasteiger partial charge in [0, 0.05) is 19.4 Å². The topological polar surface area (TPSA) is 52.3 Å². The SMILES string of the molecule is CC[C@H](c1ccccc1)c1nn2c(CCOC)nnc2s1. The van der Waals surface area contributed by atoms with E-state index < -0.39 is 0 Å². The fourth-order valence-corrected chi connectivity index (χ4v) is 3.47. The summed E-state index contributed by atoms with van der Waals surface area (Å²) in [5.74, 6) is 1.17. The number of methoxy groups -OCH3 is 1. The molecule has 0 aliphatic heterocycles. The third-order valence-electron chi connectivity index (χ3n) is 3.51. The maximum atomic E-state index is 5.10. The van der Waals surface area contributed by atoms with Crippen molar-refractivity contribution in [3.63, 3.8) is 0 Å². The van der Waals surface area contributed by atoms with Crippen LogP contribution in [0.25, 0.3) is 4.96 Å². The van der Waals surface area contributed by atoms with Crippen molar-refractivity contribution < 1.29 is 4.74 Å². The second-order valence-electron chi connectivity index (χ2n) is 4.87. The summed E-state index contributed by atoms with van der Waals surface area (Å²) >= 11 is 1.62. The molecule has 0 fully saturated rings. The first-order valence-corrected chi connectivity index (χ1v) is 7.90. The second kappa shape index (κ2) is 6.32. The highest BCUT2D eigenvalue weighted by Gasteiger charge is 2.19. The van der Waals surface area contributed by atoms with E-state index in [-0.39, 0.29) is 0 Å². The molecule has 5 nitrogen and oxygen atoms in total. The van der Waals surface area contributed by atoms with Crippen molar-refractivity contribution in [1.29, 1.82) is 0 Å². The van der Waals surface area contributed by atoms with Crippen LogP contribution in [0.3, 0.4) is 0 Å². The Balaban J connectivity index is 1.94. The van der Waals surface area contributed by atoms with Gasteiger partial charge < -0.3 is 4.74 Å². The van der Waals surface area contributed by atoms with Crippen LogP contribution < -0.4 is 0 Å². The number of hydrogen-bond acceptors (Lipinski definition) is 5. The first-order chi connectivity index (χ1) is 10.3. The zero-order chi connectivity index (χ0) is 14.7. The third-order valence-corrected chi connectivity index (χ3v) is 4.52. The summed E-state index contributed by atoms with van der Waals surface area (Å²) in [5, 5.41) is 14.2. The number of fused-ring (bicyclic) bond motifs is 1. The van der Waals surface area contributed by atoms with Gasteiger partial charge in [0.1, 0.15) is 5.01 Å². The lowest BCUT2D eigenvalue weighted by Gasteiger charge is -2.11. The maximum absolute atomic E-state index is 5.10. The Morgan fingerprint density at radius 3 is 2.76 bits per heavy atom. The molecule has 0 unspecified atom stereocenters. The molecule has 0 spiro atoms. The van der Waals surface area contributed by atoms with Crippen LogP contribution in [-0.4, -0.2) is 33.5 Å². The predicted molar refractivity (Wildman–Crippen MR) is 82.8 cm³/mol. The van der Waals surface area contributed by atoms with Gasteiger partial charge in [0.05, 0.1) is 6.61 Å². The molecular formula is C15H18N4OS. The Bertz CT molecular complexity index is 707. The van der Waals surface area contributed by atoms with E-state index >= 15 is 0 Å². The lowest BCUT2D eigenvalue weighted by atomic mass is 9.97. The van der Waals surface area contributed by atoms with Crippen LogP contribution in [0.2, 0.25) is 0 Å². The summed E-state index contributed by atoms with van der Waals surface area (Å²) in [5.41, 5.74) is 1.29. The smallest absolute Gasteiger partial charge is 0.234 e. The van der Waals surface area contributed by atoms with Gasteiger partial charge in [-0.25, -0.2) is 0 Å². The van der Waals surface area contributed by atoms with Crippen molar-refractivity contribution in [3.8, 4) is 0 Å². The summed E-state index contributed by atoms with van der Waals surface area (Å²) in [6.07, 6.45) is 1.74. The number of hydrogen-bond donors (Lipinski definition) is 0. The van der Waals surface area contributed by atoms with Gasteiger partial charge in [-0.2, -0.15) is 9.61 Å². The Hall–Kier alpha value is -1.79. The number of nitrogens with zero attached hydrogens (tertiary/aromatic N) is 4. The van der Waals surface area contributed by atoms with E-state index in [1.54, 1.807) is 18.4 Å². The Labute approximate surface area is 127 Å². The summed E-state index contributed by atoms with van der Waals surface area (Å²) < 4.78 is 6.96. The van der Waals surface area contributed by atoms with Crippen LogP contribution >= 0.6 is 11.3 Å². The summed E-state index contributed by atoms with van der Waals surface area (Å²) in [4.78, 5) is 0.852. The zero-order valence-corrected chi connectivity index (χ0v) is 13.0. The number of ether oxygens (including phenoxy) is 1. The molecule has 1 atom stereocenters. The van der Waals surface area contributed by atoms with E-state index in [9.17, 15) is 0 Å². The highest BCUT2D eigenvalue weighted by atomic mass is 32.1. The number of rotatable bonds is 6. The second-order valence-corrected chi connectivity index (χ2v) is 5.85. The predicted octanol–water partition coefficient (Wildman–Crippen LogP) is 2.92. The quantitative estimate of drug-likeness (QED) is 0.702. The first-order valence-electron chi connectivity index (χ1n) is 7.08. The van der Waals surface area contributed by atoms with Gasteiger partial charge >= 0.3 is 0 Å². The van der Waals surface area contributed by atoms with Crippen molar-refractivity contribution in [2.45, 2.75) is 25.7 Å². The lowest BCUT2D eigenvalue weighted by Crippen LogP contribution is -2.04. The molecule has 0 aliphatic carbocycles. The van der Waals surface area contributed by atoms with Crippen molar-refractivity contribution in [2.24, 2.45) is 0 Å². The van der Waals surface area contributed by atoms with Crippen molar-refractivity contribution in [1.82, 2.24) is 19.8 Å². The van der Waals surface area contributed by atoms with Gasteiger partial charge in [0.2, 0.25) is 4.96 Å². The largest absolute Gasteiger partial charge is 0.384 e. The molecule has 3 aromatic rings. The van der Waals surface area contributed by atoms with Crippen LogP contribution in [0, 0.1) is 0 Å². The molecular weight excluding hydrogens is 284 g/mol. The average molecular weight is 302 g/mol. The molecule has 0 amide bonds. The Kier molecular flexibility index (Phi) is 4.26. The normalized spacial score (nSPS) is 12.9. The van der Waals surface area contributed by atoms with Gasteiger partial charge in [-0.1, -0.05) is 48.6 Å². The Morgan fingerprint density at radius 1 is 1.24 bits per heavy atom. The minimum Gasteiger partial charge on any atom is -0.384 e. The van der Waals surface area contributed by atoms with Gasteiger partial charge in [-0.15, -0.1) is 10.2 Å².